The van der Waals surface area contributed by atoms with Crippen LogP contribution < -0.4 is 10.0 Å². The van der Waals surface area contributed by atoms with E-state index in [2.05, 4.69) is 15.1 Å². The molecule has 1 aromatic carbocycles. The number of aryl methyl sites for hydroxylation is 1. The third-order valence-corrected chi connectivity index (χ3v) is 5.38. The van der Waals surface area contributed by atoms with Crippen molar-refractivity contribution in [3.05, 3.63) is 41.1 Å². The quantitative estimate of drug-likeness (QED) is 0.865. The Morgan fingerprint density at radius 3 is 2.50 bits per heavy atom. The fourth-order valence-electron chi connectivity index (χ4n) is 2.36. The molecule has 0 saturated carbocycles. The van der Waals surface area contributed by atoms with E-state index in [0.29, 0.717) is 11.4 Å². The number of nitrogens with zero attached hydrogens (tertiary/aromatic N) is 2. The molecule has 0 aliphatic carbocycles. The highest BCUT2D eigenvalue weighted by atomic mass is 32.2. The van der Waals surface area contributed by atoms with E-state index in [1.807, 2.05) is 13.8 Å². The van der Waals surface area contributed by atoms with Crippen molar-refractivity contribution in [1.29, 1.82) is 0 Å². The molecule has 7 nitrogen and oxygen atoms in total. The van der Waals surface area contributed by atoms with Crippen LogP contribution in [0, 0.1) is 13.8 Å². The van der Waals surface area contributed by atoms with Crippen LogP contribution in [0.15, 0.2) is 29.3 Å². The first kappa shape index (κ1) is 18.2. The molecule has 0 radical (unpaired) electrons. The van der Waals surface area contributed by atoms with Gasteiger partial charge in [0.1, 0.15) is 5.82 Å². The van der Waals surface area contributed by atoms with Crippen molar-refractivity contribution in [2.75, 3.05) is 12.4 Å². The number of aromatic nitrogens is 2. The van der Waals surface area contributed by atoms with Gasteiger partial charge in [0.25, 0.3) is 5.91 Å². The molecule has 0 spiro atoms. The Bertz CT molecular complexity index is 869. The molecule has 0 aliphatic heterocycles. The lowest BCUT2D eigenvalue weighted by Gasteiger charge is -2.14. The van der Waals surface area contributed by atoms with Gasteiger partial charge in [-0.2, -0.15) is 5.10 Å². The molecule has 8 heteroatoms. The van der Waals surface area contributed by atoms with Crippen LogP contribution in [0.1, 0.15) is 41.4 Å². The number of amides is 1. The zero-order valence-corrected chi connectivity index (χ0v) is 15.2. The Labute approximate surface area is 142 Å². The highest BCUT2D eigenvalue weighted by molar-refractivity contribution is 7.89. The Morgan fingerprint density at radius 2 is 1.92 bits per heavy atom. The largest absolute Gasteiger partial charge is 0.307 e. The van der Waals surface area contributed by atoms with Crippen molar-refractivity contribution in [2.24, 2.45) is 0 Å². The third kappa shape index (κ3) is 3.49. The van der Waals surface area contributed by atoms with Gasteiger partial charge in [0.05, 0.1) is 11.1 Å². The summed E-state index contributed by atoms with van der Waals surface area (Å²) in [5, 5.41) is 6.94. The molecule has 1 amide bonds. The van der Waals surface area contributed by atoms with E-state index in [-0.39, 0.29) is 22.4 Å². The summed E-state index contributed by atoms with van der Waals surface area (Å²) in [6.45, 7) is 7.40. The fraction of sp³-hybridized carbons (Fsp3) is 0.375. The lowest BCUT2D eigenvalue weighted by atomic mass is 10.1. The van der Waals surface area contributed by atoms with Crippen molar-refractivity contribution in [3.8, 4) is 0 Å². The van der Waals surface area contributed by atoms with Crippen molar-refractivity contribution < 1.29 is 13.2 Å². The van der Waals surface area contributed by atoms with E-state index >= 15 is 0 Å². The maximum atomic E-state index is 12.6. The van der Waals surface area contributed by atoms with E-state index in [1.54, 1.807) is 36.9 Å². The molecule has 2 N–H and O–H groups in total. The van der Waals surface area contributed by atoms with E-state index < -0.39 is 10.0 Å². The standard InChI is InChI=1S/C16H22N4O3S/c1-10(2)20-15(6-7-18-20)19-16(21)13-8-11(3)12(4)14(9-13)24(22,23)17-5/h6-10,17H,1-5H3,(H,19,21). The molecule has 2 rings (SSSR count). The second kappa shape index (κ2) is 6.74. The van der Waals surface area contributed by atoms with Crippen molar-refractivity contribution >= 4 is 21.7 Å². The summed E-state index contributed by atoms with van der Waals surface area (Å²) in [4.78, 5) is 12.7. The molecular formula is C16H22N4O3S. The predicted octanol–water partition coefficient (Wildman–Crippen LogP) is 2.24. The van der Waals surface area contributed by atoms with Gasteiger partial charge in [-0.25, -0.2) is 17.8 Å². The van der Waals surface area contributed by atoms with E-state index in [4.69, 9.17) is 0 Å². The Balaban J connectivity index is 2.42. The molecule has 0 bridgehead atoms. The summed E-state index contributed by atoms with van der Waals surface area (Å²) in [7, 11) is -2.29. The zero-order valence-electron chi connectivity index (χ0n) is 14.4. The number of anilines is 1. The zero-order chi connectivity index (χ0) is 18.1. The molecule has 0 atom stereocenters. The first-order valence-corrected chi connectivity index (χ1v) is 9.05. The summed E-state index contributed by atoms with van der Waals surface area (Å²) in [5.74, 6) is 0.180. The summed E-state index contributed by atoms with van der Waals surface area (Å²) < 4.78 is 28.3. The van der Waals surface area contributed by atoms with Crippen LogP contribution >= 0.6 is 0 Å². The summed E-state index contributed by atoms with van der Waals surface area (Å²) in [6, 6.07) is 4.86. The van der Waals surface area contributed by atoms with Gasteiger partial charge in [0, 0.05) is 17.7 Å². The van der Waals surface area contributed by atoms with Gasteiger partial charge in [0.15, 0.2) is 0 Å². The maximum absolute atomic E-state index is 12.6. The Kier molecular flexibility index (Phi) is 5.10. The molecule has 2 aromatic rings. The Morgan fingerprint density at radius 1 is 1.25 bits per heavy atom. The molecule has 0 saturated heterocycles. The number of carbonyl (C=O) groups excluding carboxylic acids is 1. The van der Waals surface area contributed by atoms with Crippen LogP contribution in [0.4, 0.5) is 5.82 Å². The van der Waals surface area contributed by atoms with Crippen molar-refractivity contribution in [1.82, 2.24) is 14.5 Å². The van der Waals surface area contributed by atoms with Gasteiger partial charge in [-0.05, 0) is 58.0 Å². The molecule has 0 aliphatic rings. The predicted molar refractivity (Wildman–Crippen MR) is 92.7 cm³/mol. The number of hydrogen-bond donors (Lipinski definition) is 2. The normalized spacial score (nSPS) is 11.8. The highest BCUT2D eigenvalue weighted by Crippen LogP contribution is 2.22. The van der Waals surface area contributed by atoms with Crippen LogP contribution in [0.5, 0.6) is 0 Å². The molecule has 0 fully saturated rings. The Hall–Kier alpha value is -2.19. The molecule has 1 aromatic heterocycles. The lowest BCUT2D eigenvalue weighted by molar-refractivity contribution is 0.102. The van der Waals surface area contributed by atoms with Crippen molar-refractivity contribution in [3.63, 3.8) is 0 Å². The number of rotatable bonds is 5. The van der Waals surface area contributed by atoms with E-state index in [1.165, 1.54) is 13.1 Å². The minimum absolute atomic E-state index is 0.0929. The number of nitrogens with one attached hydrogen (secondary N) is 2. The van der Waals surface area contributed by atoms with Gasteiger partial charge >= 0.3 is 0 Å². The number of carbonyl (C=O) groups is 1. The fourth-order valence-corrected chi connectivity index (χ4v) is 3.43. The third-order valence-electron chi connectivity index (χ3n) is 3.84. The maximum Gasteiger partial charge on any atom is 0.256 e. The topological polar surface area (TPSA) is 93.1 Å². The second-order valence-corrected chi connectivity index (χ2v) is 7.69. The van der Waals surface area contributed by atoms with Gasteiger partial charge < -0.3 is 5.32 Å². The van der Waals surface area contributed by atoms with E-state index in [0.717, 1.165) is 5.56 Å². The first-order chi connectivity index (χ1) is 11.2. The highest BCUT2D eigenvalue weighted by Gasteiger charge is 2.20. The van der Waals surface area contributed by atoms with Gasteiger partial charge in [-0.1, -0.05) is 0 Å². The molecule has 0 unspecified atom stereocenters. The number of hydrogen-bond acceptors (Lipinski definition) is 4. The second-order valence-electron chi connectivity index (χ2n) is 5.83. The van der Waals surface area contributed by atoms with Gasteiger partial charge in [-0.3, -0.25) is 4.79 Å². The van der Waals surface area contributed by atoms with Crippen LogP contribution in [-0.2, 0) is 10.0 Å². The first-order valence-electron chi connectivity index (χ1n) is 7.57. The van der Waals surface area contributed by atoms with Crippen LogP contribution in [0.2, 0.25) is 0 Å². The minimum atomic E-state index is -3.64. The van der Waals surface area contributed by atoms with Gasteiger partial charge in [0.2, 0.25) is 10.0 Å². The van der Waals surface area contributed by atoms with Gasteiger partial charge in [-0.15, -0.1) is 0 Å². The minimum Gasteiger partial charge on any atom is -0.307 e. The average molecular weight is 350 g/mol. The van der Waals surface area contributed by atoms with Crippen molar-refractivity contribution in [2.45, 2.75) is 38.6 Å². The van der Waals surface area contributed by atoms with E-state index in [9.17, 15) is 13.2 Å². The van der Waals surface area contributed by atoms with Crippen LogP contribution in [0.3, 0.4) is 0 Å². The average Bonchev–Trinajstić information content (AvgIpc) is 2.97. The van der Waals surface area contributed by atoms with Crippen LogP contribution in [-0.4, -0.2) is 31.2 Å². The monoisotopic (exact) mass is 350 g/mol. The number of benzene rings is 1. The number of sulfonamides is 1. The van der Waals surface area contributed by atoms with Crippen LogP contribution in [0.25, 0.3) is 0 Å². The lowest BCUT2D eigenvalue weighted by Crippen LogP contribution is -2.22. The summed E-state index contributed by atoms with van der Waals surface area (Å²) >= 11 is 0. The molecular weight excluding hydrogens is 328 g/mol. The SMILES string of the molecule is CNS(=O)(=O)c1cc(C(=O)Nc2ccnn2C(C)C)cc(C)c1C. The molecule has 24 heavy (non-hydrogen) atoms. The summed E-state index contributed by atoms with van der Waals surface area (Å²) in [6.07, 6.45) is 1.60. The molecule has 130 valence electrons. The molecule has 1 heterocycles. The smallest absolute Gasteiger partial charge is 0.256 e. The summed E-state index contributed by atoms with van der Waals surface area (Å²) in [5.41, 5.74) is 1.63.